The summed E-state index contributed by atoms with van der Waals surface area (Å²) in [6.45, 7) is 2.41. The molecule has 0 aromatic carbocycles. The molecular weight excluding hydrogens is 252 g/mol. The van der Waals surface area contributed by atoms with Crippen LogP contribution in [-0.4, -0.2) is 19.5 Å². The molecule has 94 valence electrons. The summed E-state index contributed by atoms with van der Waals surface area (Å²) in [4.78, 5) is 19.5. The number of hydrogen-bond acceptors (Lipinski definition) is 5. The lowest BCUT2D eigenvalue weighted by molar-refractivity contribution is -0.392. The molecule has 2 rings (SSSR count). The highest BCUT2D eigenvalue weighted by atomic mass is 32.2. The number of pyridine rings is 1. The molecule has 2 aromatic rings. The topological polar surface area (TPSA) is 73.8 Å². The van der Waals surface area contributed by atoms with Gasteiger partial charge in [0.05, 0.1) is 12.3 Å². The Labute approximate surface area is 108 Å². The molecule has 0 fully saturated rings. The van der Waals surface area contributed by atoms with Crippen LogP contribution >= 0.6 is 11.8 Å². The average molecular weight is 264 g/mol. The second kappa shape index (κ2) is 5.63. The van der Waals surface area contributed by atoms with Crippen molar-refractivity contribution in [2.24, 2.45) is 0 Å². The van der Waals surface area contributed by atoms with E-state index in [-0.39, 0.29) is 5.82 Å². The fraction of sp³-hybridized carbons (Fsp3) is 0.273. The highest BCUT2D eigenvalue weighted by Gasteiger charge is 2.18. The third-order valence-electron chi connectivity index (χ3n) is 2.42. The Bertz CT molecular complexity index is 541. The van der Waals surface area contributed by atoms with Gasteiger partial charge in [0, 0.05) is 17.3 Å². The maximum atomic E-state index is 10.8. The molecule has 7 heteroatoms. The molecule has 0 saturated carbocycles. The van der Waals surface area contributed by atoms with Crippen molar-refractivity contribution >= 4 is 17.6 Å². The van der Waals surface area contributed by atoms with Crippen molar-refractivity contribution < 1.29 is 4.92 Å². The van der Waals surface area contributed by atoms with Gasteiger partial charge in [-0.3, -0.25) is 4.98 Å². The van der Waals surface area contributed by atoms with Gasteiger partial charge in [0.2, 0.25) is 5.82 Å². The van der Waals surface area contributed by atoms with Crippen molar-refractivity contribution in [2.75, 3.05) is 0 Å². The molecule has 0 saturated heterocycles. The first-order valence-corrected chi connectivity index (χ1v) is 6.42. The van der Waals surface area contributed by atoms with Crippen LogP contribution in [0.25, 0.3) is 0 Å². The number of nitro groups is 1. The molecule has 0 amide bonds. The van der Waals surface area contributed by atoms with Gasteiger partial charge in [-0.2, -0.15) is 0 Å². The maximum Gasteiger partial charge on any atom is 0.342 e. The number of aromatic nitrogens is 3. The first-order valence-electron chi connectivity index (χ1n) is 5.44. The molecule has 0 radical (unpaired) electrons. The van der Waals surface area contributed by atoms with Crippen molar-refractivity contribution in [1.82, 2.24) is 14.5 Å². The van der Waals surface area contributed by atoms with E-state index in [9.17, 15) is 10.1 Å². The van der Waals surface area contributed by atoms with E-state index in [1.165, 1.54) is 6.20 Å². The van der Waals surface area contributed by atoms with Gasteiger partial charge in [-0.25, -0.2) is 9.55 Å². The summed E-state index contributed by atoms with van der Waals surface area (Å²) in [5.74, 6) is 1.34. The van der Waals surface area contributed by atoms with Gasteiger partial charge in [0.1, 0.15) is 6.20 Å². The van der Waals surface area contributed by atoms with Gasteiger partial charge in [0.25, 0.3) is 0 Å². The minimum Gasteiger partial charge on any atom is -0.358 e. The van der Waals surface area contributed by atoms with Crippen molar-refractivity contribution in [3.63, 3.8) is 0 Å². The van der Waals surface area contributed by atoms with E-state index < -0.39 is 4.92 Å². The molecule has 0 aliphatic carbocycles. The Morgan fingerprint density at radius 3 is 2.94 bits per heavy atom. The minimum atomic E-state index is -0.408. The highest BCUT2D eigenvalue weighted by Crippen LogP contribution is 2.23. The van der Waals surface area contributed by atoms with Crippen LogP contribution in [0.2, 0.25) is 0 Å². The highest BCUT2D eigenvalue weighted by molar-refractivity contribution is 7.98. The maximum absolute atomic E-state index is 10.8. The molecule has 0 aliphatic heterocycles. The van der Waals surface area contributed by atoms with Gasteiger partial charge in [0.15, 0.2) is 0 Å². The van der Waals surface area contributed by atoms with Gasteiger partial charge >= 0.3 is 5.82 Å². The third-order valence-corrected chi connectivity index (χ3v) is 3.40. The van der Waals surface area contributed by atoms with Gasteiger partial charge in [-0.15, -0.1) is 11.8 Å². The summed E-state index contributed by atoms with van der Waals surface area (Å²) in [5, 5.41) is 10.8. The van der Waals surface area contributed by atoms with E-state index in [2.05, 4.69) is 9.97 Å². The standard InChI is InChI=1S/C11H12N4O2S/c1-2-14-10(13-7-11(14)15(16)17)8-18-9-4-3-5-12-6-9/h3-7H,2,8H2,1H3. The van der Waals surface area contributed by atoms with Crippen LogP contribution in [0, 0.1) is 10.1 Å². The fourth-order valence-corrected chi connectivity index (χ4v) is 2.43. The molecule has 0 aliphatic rings. The minimum absolute atomic E-state index is 0.0410. The zero-order valence-electron chi connectivity index (χ0n) is 9.81. The summed E-state index contributed by atoms with van der Waals surface area (Å²) >= 11 is 1.56. The van der Waals surface area contributed by atoms with Crippen LogP contribution in [0.3, 0.4) is 0 Å². The van der Waals surface area contributed by atoms with Crippen LogP contribution in [-0.2, 0) is 12.3 Å². The Balaban J connectivity index is 2.12. The monoisotopic (exact) mass is 264 g/mol. The normalized spacial score (nSPS) is 10.5. The summed E-state index contributed by atoms with van der Waals surface area (Å²) in [6, 6.07) is 3.81. The Hall–Kier alpha value is -1.89. The number of rotatable bonds is 5. The molecule has 6 nitrogen and oxygen atoms in total. The van der Waals surface area contributed by atoms with Crippen LogP contribution < -0.4 is 0 Å². The summed E-state index contributed by atoms with van der Waals surface area (Å²) in [6.07, 6.45) is 4.78. The molecule has 0 atom stereocenters. The third kappa shape index (κ3) is 2.67. The number of imidazole rings is 1. The number of nitrogens with zero attached hydrogens (tertiary/aromatic N) is 4. The summed E-state index contributed by atoms with van der Waals surface area (Å²) in [7, 11) is 0. The molecule has 0 unspecified atom stereocenters. The molecule has 0 N–H and O–H groups in total. The van der Waals surface area contributed by atoms with Crippen LogP contribution in [0.4, 0.5) is 5.82 Å². The SMILES string of the molecule is CCn1c([N+](=O)[O-])cnc1CSc1cccnc1. The molecular formula is C11H12N4O2S. The summed E-state index contributed by atoms with van der Waals surface area (Å²) < 4.78 is 1.61. The van der Waals surface area contributed by atoms with Crippen molar-refractivity contribution in [2.45, 2.75) is 24.1 Å². The van der Waals surface area contributed by atoms with Gasteiger partial charge in [-0.1, -0.05) is 0 Å². The fourth-order valence-electron chi connectivity index (χ4n) is 1.59. The average Bonchev–Trinajstić information content (AvgIpc) is 2.80. The van der Waals surface area contributed by atoms with E-state index in [4.69, 9.17) is 0 Å². The zero-order chi connectivity index (χ0) is 13.0. The summed E-state index contributed by atoms with van der Waals surface area (Å²) in [5.41, 5.74) is 0. The van der Waals surface area contributed by atoms with Gasteiger partial charge in [-0.05, 0) is 24.0 Å². The van der Waals surface area contributed by atoms with E-state index in [0.29, 0.717) is 18.1 Å². The van der Waals surface area contributed by atoms with Crippen molar-refractivity contribution in [3.05, 3.63) is 46.7 Å². The van der Waals surface area contributed by atoms with Crippen molar-refractivity contribution in [1.29, 1.82) is 0 Å². The Morgan fingerprint density at radius 2 is 2.33 bits per heavy atom. The second-order valence-electron chi connectivity index (χ2n) is 3.51. The van der Waals surface area contributed by atoms with Crippen LogP contribution in [0.15, 0.2) is 35.6 Å². The molecule has 0 spiro atoms. The Kier molecular flexibility index (Phi) is 3.93. The zero-order valence-corrected chi connectivity index (χ0v) is 10.6. The Morgan fingerprint density at radius 1 is 1.50 bits per heavy atom. The van der Waals surface area contributed by atoms with E-state index in [0.717, 1.165) is 4.90 Å². The number of thioether (sulfide) groups is 1. The first kappa shape index (κ1) is 12.6. The lowest BCUT2D eigenvalue weighted by Gasteiger charge is -2.01. The van der Waals surface area contributed by atoms with Crippen molar-refractivity contribution in [3.8, 4) is 0 Å². The van der Waals surface area contributed by atoms with Crippen LogP contribution in [0.5, 0.6) is 0 Å². The van der Waals surface area contributed by atoms with E-state index in [1.54, 1.807) is 28.7 Å². The second-order valence-corrected chi connectivity index (χ2v) is 4.56. The lowest BCUT2D eigenvalue weighted by atomic mass is 10.5. The number of hydrogen-bond donors (Lipinski definition) is 0. The van der Waals surface area contributed by atoms with Gasteiger partial charge < -0.3 is 10.1 Å². The smallest absolute Gasteiger partial charge is 0.342 e. The lowest BCUT2D eigenvalue weighted by Crippen LogP contribution is -2.04. The first-order chi connectivity index (χ1) is 8.72. The van der Waals surface area contributed by atoms with E-state index >= 15 is 0 Å². The quantitative estimate of drug-likeness (QED) is 0.471. The molecule has 2 heterocycles. The molecule has 18 heavy (non-hydrogen) atoms. The largest absolute Gasteiger partial charge is 0.358 e. The van der Waals surface area contributed by atoms with E-state index in [1.807, 2.05) is 19.1 Å². The molecule has 2 aromatic heterocycles. The van der Waals surface area contributed by atoms with Crippen LogP contribution in [0.1, 0.15) is 12.7 Å². The predicted molar refractivity (Wildman–Crippen MR) is 68.4 cm³/mol. The molecule has 0 bridgehead atoms. The predicted octanol–water partition coefficient (Wildman–Crippen LogP) is 2.50.